The predicted molar refractivity (Wildman–Crippen MR) is 114 cm³/mol. The Morgan fingerprint density at radius 1 is 0.846 bits per heavy atom. The first-order valence-electron chi connectivity index (χ1n) is 12.1. The third kappa shape index (κ3) is 3.63. The molecule has 0 radical (unpaired) electrons. The van der Waals surface area contributed by atoms with E-state index in [0.717, 1.165) is 17.8 Å². The van der Waals surface area contributed by atoms with Crippen molar-refractivity contribution >= 4 is 0 Å². The monoisotopic (exact) mass is 361 g/mol. The Balaban J connectivity index is 1.76. The van der Waals surface area contributed by atoms with Crippen molar-refractivity contribution in [1.29, 1.82) is 0 Å². The molecule has 6 unspecified atom stereocenters. The lowest BCUT2D eigenvalue weighted by atomic mass is 9.53. The van der Waals surface area contributed by atoms with Crippen LogP contribution in [-0.2, 0) is 0 Å². The topological polar surface area (TPSA) is 26.0 Å². The molecule has 0 saturated heterocycles. The van der Waals surface area contributed by atoms with Crippen LogP contribution in [0.4, 0.5) is 0 Å². The van der Waals surface area contributed by atoms with E-state index in [1.165, 1.54) is 96.3 Å². The van der Waals surface area contributed by atoms with Crippen molar-refractivity contribution in [3.63, 3.8) is 0 Å². The van der Waals surface area contributed by atoms with E-state index in [1.807, 2.05) is 0 Å². The van der Waals surface area contributed by atoms with E-state index in [2.05, 4.69) is 27.7 Å². The largest absolute Gasteiger partial charge is 0.325 e. The standard InChI is InChI=1S/C25H47N/c1-5-6-7-11-21-13-14-22-12-10-18-25(26)17-9-8-16-24(25,4)20(2)15-19-23(21,22)3/h20-22H,5-19,26H2,1-4H3. The van der Waals surface area contributed by atoms with Crippen LogP contribution in [-0.4, -0.2) is 5.54 Å². The van der Waals surface area contributed by atoms with Gasteiger partial charge in [0.05, 0.1) is 0 Å². The second-order valence-electron chi connectivity index (χ2n) is 11.1. The van der Waals surface area contributed by atoms with E-state index in [4.69, 9.17) is 5.73 Å². The molecule has 2 N–H and O–H groups in total. The number of nitrogens with two attached hydrogens (primary N) is 1. The second-order valence-corrected chi connectivity index (χ2v) is 11.1. The second kappa shape index (κ2) is 8.14. The van der Waals surface area contributed by atoms with Crippen molar-refractivity contribution in [2.24, 2.45) is 34.3 Å². The van der Waals surface area contributed by atoms with Gasteiger partial charge >= 0.3 is 0 Å². The highest BCUT2D eigenvalue weighted by molar-refractivity contribution is 5.06. The molecule has 0 bridgehead atoms. The highest BCUT2D eigenvalue weighted by atomic mass is 14.8. The fourth-order valence-electron chi connectivity index (χ4n) is 7.52. The van der Waals surface area contributed by atoms with Gasteiger partial charge in [-0.05, 0) is 86.4 Å². The number of hydrogen-bond acceptors (Lipinski definition) is 1. The van der Waals surface area contributed by atoms with Gasteiger partial charge in [-0.3, -0.25) is 0 Å². The normalized spacial score (nSPS) is 47.2. The summed E-state index contributed by atoms with van der Waals surface area (Å²) in [4.78, 5) is 0. The molecule has 1 nitrogen and oxygen atoms in total. The molecule has 0 spiro atoms. The van der Waals surface area contributed by atoms with Crippen LogP contribution in [0.5, 0.6) is 0 Å². The van der Waals surface area contributed by atoms with E-state index in [0.29, 0.717) is 10.8 Å². The third-order valence-corrected chi connectivity index (χ3v) is 9.97. The molecule has 3 aliphatic carbocycles. The zero-order valence-electron chi connectivity index (χ0n) is 18.4. The number of fused-ring (bicyclic) bond motifs is 2. The van der Waals surface area contributed by atoms with Crippen molar-refractivity contribution < 1.29 is 0 Å². The zero-order chi connectivity index (χ0) is 18.8. The molecule has 0 aromatic heterocycles. The maximum absolute atomic E-state index is 7.16. The minimum Gasteiger partial charge on any atom is -0.325 e. The van der Waals surface area contributed by atoms with Crippen LogP contribution < -0.4 is 5.73 Å². The summed E-state index contributed by atoms with van der Waals surface area (Å²) in [5.74, 6) is 2.74. The molecule has 0 amide bonds. The Labute approximate surface area is 164 Å². The SMILES string of the molecule is CCCCCC1CCC2CCCC3(N)CCCCC3(C)C(C)CCC12C. The van der Waals surface area contributed by atoms with Crippen LogP contribution in [0, 0.1) is 28.6 Å². The van der Waals surface area contributed by atoms with E-state index < -0.39 is 0 Å². The Bertz CT molecular complexity index is 459. The molecule has 0 heterocycles. The molecular formula is C25H47N. The molecule has 3 rings (SSSR count). The quantitative estimate of drug-likeness (QED) is 0.516. The van der Waals surface area contributed by atoms with Crippen molar-refractivity contribution in [3.8, 4) is 0 Å². The van der Waals surface area contributed by atoms with Crippen molar-refractivity contribution in [3.05, 3.63) is 0 Å². The summed E-state index contributed by atoms with van der Waals surface area (Å²) in [5, 5.41) is 0. The maximum atomic E-state index is 7.16. The van der Waals surface area contributed by atoms with Gasteiger partial charge in [-0.25, -0.2) is 0 Å². The highest BCUT2D eigenvalue weighted by Gasteiger charge is 2.52. The van der Waals surface area contributed by atoms with Crippen LogP contribution >= 0.6 is 0 Å². The molecule has 3 aliphatic rings. The van der Waals surface area contributed by atoms with E-state index in [1.54, 1.807) is 0 Å². The van der Waals surface area contributed by atoms with Crippen molar-refractivity contribution in [2.45, 2.75) is 130 Å². The van der Waals surface area contributed by atoms with E-state index >= 15 is 0 Å². The fourth-order valence-corrected chi connectivity index (χ4v) is 7.52. The van der Waals surface area contributed by atoms with Crippen LogP contribution in [0.1, 0.15) is 124 Å². The third-order valence-electron chi connectivity index (χ3n) is 9.97. The van der Waals surface area contributed by atoms with Gasteiger partial charge in [0.1, 0.15) is 0 Å². The average molecular weight is 362 g/mol. The predicted octanol–water partition coefficient (Wildman–Crippen LogP) is 7.48. The van der Waals surface area contributed by atoms with Crippen LogP contribution in [0.25, 0.3) is 0 Å². The molecule has 3 fully saturated rings. The number of unbranched alkanes of at least 4 members (excludes halogenated alkanes) is 2. The van der Waals surface area contributed by atoms with Crippen LogP contribution in [0.2, 0.25) is 0 Å². The molecule has 152 valence electrons. The summed E-state index contributed by atoms with van der Waals surface area (Å²) < 4.78 is 0. The first kappa shape index (κ1) is 20.7. The van der Waals surface area contributed by atoms with Crippen LogP contribution in [0.3, 0.4) is 0 Å². The minimum absolute atomic E-state index is 0.109. The number of rotatable bonds is 4. The molecule has 0 aliphatic heterocycles. The lowest BCUT2D eigenvalue weighted by molar-refractivity contribution is -0.00776. The first-order chi connectivity index (χ1) is 12.4. The summed E-state index contributed by atoms with van der Waals surface area (Å²) in [6, 6.07) is 0. The highest BCUT2D eigenvalue weighted by Crippen LogP contribution is 2.58. The summed E-state index contributed by atoms with van der Waals surface area (Å²) in [7, 11) is 0. The first-order valence-corrected chi connectivity index (χ1v) is 12.1. The van der Waals surface area contributed by atoms with Crippen molar-refractivity contribution in [2.75, 3.05) is 0 Å². The van der Waals surface area contributed by atoms with Gasteiger partial charge in [-0.1, -0.05) is 66.2 Å². The van der Waals surface area contributed by atoms with E-state index in [-0.39, 0.29) is 5.54 Å². The lowest BCUT2D eigenvalue weighted by Gasteiger charge is -2.55. The van der Waals surface area contributed by atoms with Gasteiger partial charge in [0.25, 0.3) is 0 Å². The molecular weight excluding hydrogens is 314 g/mol. The Hall–Kier alpha value is -0.0400. The van der Waals surface area contributed by atoms with Crippen LogP contribution in [0.15, 0.2) is 0 Å². The number of hydrogen-bond donors (Lipinski definition) is 1. The smallest absolute Gasteiger partial charge is 0.0211 e. The molecule has 3 saturated carbocycles. The van der Waals surface area contributed by atoms with Gasteiger partial charge in [-0.15, -0.1) is 0 Å². The lowest BCUT2D eigenvalue weighted by Crippen LogP contribution is -2.59. The van der Waals surface area contributed by atoms with Crippen molar-refractivity contribution in [1.82, 2.24) is 0 Å². The summed E-state index contributed by atoms with van der Waals surface area (Å²) >= 11 is 0. The Morgan fingerprint density at radius 2 is 1.58 bits per heavy atom. The Kier molecular flexibility index (Phi) is 6.48. The zero-order valence-corrected chi connectivity index (χ0v) is 18.4. The summed E-state index contributed by atoms with van der Waals surface area (Å²) in [6.07, 6.45) is 21.1. The Morgan fingerprint density at radius 3 is 2.35 bits per heavy atom. The minimum atomic E-state index is 0.109. The molecule has 0 aromatic rings. The summed E-state index contributed by atoms with van der Waals surface area (Å²) in [6.45, 7) is 10.1. The molecule has 0 aromatic carbocycles. The maximum Gasteiger partial charge on any atom is 0.0211 e. The van der Waals surface area contributed by atoms with E-state index in [9.17, 15) is 0 Å². The molecule has 1 heteroatoms. The summed E-state index contributed by atoms with van der Waals surface area (Å²) in [5.41, 5.74) is 8.24. The fraction of sp³-hybridized carbons (Fsp3) is 1.00. The van der Waals surface area contributed by atoms with Gasteiger partial charge in [0.15, 0.2) is 0 Å². The van der Waals surface area contributed by atoms with Gasteiger partial charge in [0, 0.05) is 5.54 Å². The molecule has 6 atom stereocenters. The average Bonchev–Trinajstić information content (AvgIpc) is 2.92. The van der Waals surface area contributed by atoms with Gasteiger partial charge < -0.3 is 5.73 Å². The van der Waals surface area contributed by atoms with Gasteiger partial charge in [-0.2, -0.15) is 0 Å². The van der Waals surface area contributed by atoms with Gasteiger partial charge in [0.2, 0.25) is 0 Å². The molecule has 26 heavy (non-hydrogen) atoms.